The summed E-state index contributed by atoms with van der Waals surface area (Å²) in [5.41, 5.74) is 0. The lowest BCUT2D eigenvalue weighted by Gasteiger charge is -2.31. The van der Waals surface area contributed by atoms with Gasteiger partial charge in [0.1, 0.15) is 11.9 Å². The molecular formula is C12H14BrN5O. The number of rotatable bonds is 3. The molecular weight excluding hydrogens is 310 g/mol. The fourth-order valence-corrected chi connectivity index (χ4v) is 2.11. The van der Waals surface area contributed by atoms with E-state index in [-0.39, 0.29) is 18.5 Å². The molecule has 1 fully saturated rings. The lowest BCUT2D eigenvalue weighted by Crippen LogP contribution is -2.52. The van der Waals surface area contributed by atoms with Crippen molar-refractivity contribution in [1.82, 2.24) is 15.2 Å². The molecule has 2 rings (SSSR count). The summed E-state index contributed by atoms with van der Waals surface area (Å²) in [6.45, 7) is 2.29. The normalized spacial score (nSPS) is 19.7. The van der Waals surface area contributed by atoms with E-state index >= 15 is 0 Å². The number of nitrogens with zero attached hydrogens (tertiary/aromatic N) is 3. The van der Waals surface area contributed by atoms with Crippen LogP contribution in [0.4, 0.5) is 5.82 Å². The summed E-state index contributed by atoms with van der Waals surface area (Å²) < 4.78 is 0.858. The van der Waals surface area contributed by atoms with Crippen molar-refractivity contribution in [2.24, 2.45) is 0 Å². The molecule has 7 heteroatoms. The Labute approximate surface area is 119 Å². The van der Waals surface area contributed by atoms with Crippen LogP contribution < -0.4 is 10.6 Å². The quantitative estimate of drug-likeness (QED) is 0.850. The van der Waals surface area contributed by atoms with E-state index < -0.39 is 0 Å². The predicted octanol–water partition coefficient (Wildman–Crippen LogP) is 0.580. The second kappa shape index (κ2) is 6.61. The Bertz CT molecular complexity index is 484. The second-order valence-electron chi connectivity index (χ2n) is 4.23. The average molecular weight is 324 g/mol. The van der Waals surface area contributed by atoms with Crippen molar-refractivity contribution in [2.45, 2.75) is 6.04 Å². The molecule has 1 aliphatic heterocycles. The highest BCUT2D eigenvalue weighted by Crippen LogP contribution is 2.10. The van der Waals surface area contributed by atoms with Crippen molar-refractivity contribution in [2.75, 3.05) is 31.5 Å². The van der Waals surface area contributed by atoms with Gasteiger partial charge in [0, 0.05) is 30.3 Å². The summed E-state index contributed by atoms with van der Waals surface area (Å²) >= 11 is 3.28. The Morgan fingerprint density at radius 3 is 3.21 bits per heavy atom. The molecule has 0 aliphatic carbocycles. The second-order valence-corrected chi connectivity index (χ2v) is 5.15. The van der Waals surface area contributed by atoms with E-state index in [2.05, 4.69) is 37.6 Å². The Morgan fingerprint density at radius 2 is 2.53 bits per heavy atom. The summed E-state index contributed by atoms with van der Waals surface area (Å²) in [6, 6.07) is 5.47. The minimum atomic E-state index is -0.252. The smallest absolute Gasteiger partial charge is 0.239 e. The molecule has 1 aliphatic rings. The molecule has 1 unspecified atom stereocenters. The Balaban J connectivity index is 1.90. The molecule has 1 aromatic heterocycles. The predicted molar refractivity (Wildman–Crippen MR) is 74.4 cm³/mol. The van der Waals surface area contributed by atoms with Crippen LogP contribution in [0.1, 0.15) is 0 Å². The molecule has 0 aromatic carbocycles. The number of piperazine rings is 1. The number of nitriles is 1. The molecule has 2 N–H and O–H groups in total. The van der Waals surface area contributed by atoms with Crippen LogP contribution in [0, 0.1) is 11.3 Å². The number of hydrogen-bond donors (Lipinski definition) is 2. The third-order valence-electron chi connectivity index (χ3n) is 2.84. The molecule has 1 atom stereocenters. The van der Waals surface area contributed by atoms with Crippen LogP contribution in [0.3, 0.4) is 0 Å². The maximum absolute atomic E-state index is 11.9. The molecule has 0 spiro atoms. The molecule has 2 heterocycles. The molecule has 1 amide bonds. The third kappa shape index (κ3) is 3.99. The molecule has 0 saturated carbocycles. The van der Waals surface area contributed by atoms with Crippen LogP contribution >= 0.6 is 15.9 Å². The summed E-state index contributed by atoms with van der Waals surface area (Å²) in [7, 11) is 0. The highest BCUT2D eigenvalue weighted by atomic mass is 79.9. The van der Waals surface area contributed by atoms with Crippen LogP contribution in [0.25, 0.3) is 0 Å². The maximum atomic E-state index is 11.9. The number of carbonyl (C=O) groups is 1. The largest absolute Gasteiger partial charge is 0.313 e. The zero-order valence-corrected chi connectivity index (χ0v) is 11.9. The first-order valence-electron chi connectivity index (χ1n) is 5.95. The third-order valence-corrected chi connectivity index (χ3v) is 3.31. The number of nitrogens with one attached hydrogen (secondary N) is 2. The van der Waals surface area contributed by atoms with E-state index in [1.807, 2.05) is 11.0 Å². The first kappa shape index (κ1) is 13.9. The van der Waals surface area contributed by atoms with Crippen molar-refractivity contribution in [3.8, 4) is 6.07 Å². The van der Waals surface area contributed by atoms with Crippen LogP contribution in [0.2, 0.25) is 0 Å². The number of aromatic nitrogens is 1. The van der Waals surface area contributed by atoms with Crippen LogP contribution in [-0.4, -0.2) is 48.0 Å². The minimum Gasteiger partial charge on any atom is -0.313 e. The van der Waals surface area contributed by atoms with E-state index in [0.29, 0.717) is 18.9 Å². The fraction of sp³-hybridized carbons (Fsp3) is 0.417. The van der Waals surface area contributed by atoms with Crippen LogP contribution in [0.15, 0.2) is 22.8 Å². The van der Waals surface area contributed by atoms with Gasteiger partial charge in [0.25, 0.3) is 0 Å². The summed E-state index contributed by atoms with van der Waals surface area (Å²) in [4.78, 5) is 17.8. The van der Waals surface area contributed by atoms with Gasteiger partial charge in [-0.15, -0.1) is 0 Å². The van der Waals surface area contributed by atoms with Crippen molar-refractivity contribution < 1.29 is 4.79 Å². The van der Waals surface area contributed by atoms with Crippen molar-refractivity contribution in [1.29, 1.82) is 5.26 Å². The molecule has 1 aromatic rings. The van der Waals surface area contributed by atoms with Crippen molar-refractivity contribution in [3.63, 3.8) is 0 Å². The Kier molecular flexibility index (Phi) is 4.85. The van der Waals surface area contributed by atoms with E-state index in [0.717, 1.165) is 11.0 Å². The lowest BCUT2D eigenvalue weighted by molar-refractivity contribution is -0.117. The number of pyridine rings is 1. The van der Waals surface area contributed by atoms with E-state index in [1.54, 1.807) is 12.3 Å². The summed E-state index contributed by atoms with van der Waals surface area (Å²) in [5, 5.41) is 14.9. The Morgan fingerprint density at radius 1 is 1.68 bits per heavy atom. The van der Waals surface area contributed by atoms with Gasteiger partial charge in [0.15, 0.2) is 0 Å². The van der Waals surface area contributed by atoms with E-state index in [9.17, 15) is 4.79 Å². The number of carbonyl (C=O) groups excluding carboxylic acids is 1. The minimum absolute atomic E-state index is 0.156. The number of anilines is 1. The zero-order valence-electron chi connectivity index (χ0n) is 10.3. The molecule has 100 valence electrons. The number of hydrogen-bond acceptors (Lipinski definition) is 5. The maximum Gasteiger partial charge on any atom is 0.239 e. The van der Waals surface area contributed by atoms with Gasteiger partial charge < -0.3 is 10.6 Å². The molecule has 0 bridgehead atoms. The summed E-state index contributed by atoms with van der Waals surface area (Å²) in [5.74, 6) is 0.355. The summed E-state index contributed by atoms with van der Waals surface area (Å²) in [6.07, 6.45) is 1.62. The van der Waals surface area contributed by atoms with Gasteiger partial charge in [0.05, 0.1) is 12.6 Å². The van der Waals surface area contributed by atoms with Crippen molar-refractivity contribution >= 4 is 27.7 Å². The fourth-order valence-electron chi connectivity index (χ4n) is 1.88. The van der Waals surface area contributed by atoms with Gasteiger partial charge in [-0.05, 0) is 28.1 Å². The van der Waals surface area contributed by atoms with Gasteiger partial charge in [0.2, 0.25) is 5.91 Å². The molecule has 1 saturated heterocycles. The van der Waals surface area contributed by atoms with Gasteiger partial charge in [-0.25, -0.2) is 4.98 Å². The standard InChI is InChI=1S/C12H14BrN5O/c13-9-1-2-11(16-6-9)17-12(19)8-18-4-3-15-7-10(18)5-14/h1-2,6,10,15H,3-4,7-8H2,(H,16,17,19). The number of amides is 1. The topological polar surface area (TPSA) is 81.0 Å². The Hall–Kier alpha value is -1.49. The van der Waals surface area contributed by atoms with E-state index in [4.69, 9.17) is 5.26 Å². The van der Waals surface area contributed by atoms with Gasteiger partial charge in [-0.2, -0.15) is 5.26 Å². The first-order valence-corrected chi connectivity index (χ1v) is 6.74. The van der Waals surface area contributed by atoms with E-state index in [1.165, 1.54) is 0 Å². The monoisotopic (exact) mass is 323 g/mol. The van der Waals surface area contributed by atoms with Crippen LogP contribution in [0.5, 0.6) is 0 Å². The van der Waals surface area contributed by atoms with Crippen molar-refractivity contribution in [3.05, 3.63) is 22.8 Å². The molecule has 6 nitrogen and oxygen atoms in total. The highest BCUT2D eigenvalue weighted by Gasteiger charge is 2.23. The molecule has 19 heavy (non-hydrogen) atoms. The number of halogens is 1. The lowest BCUT2D eigenvalue weighted by atomic mass is 10.2. The molecule has 0 radical (unpaired) electrons. The van der Waals surface area contributed by atoms with Gasteiger partial charge >= 0.3 is 0 Å². The van der Waals surface area contributed by atoms with Crippen LogP contribution in [-0.2, 0) is 4.79 Å². The SMILES string of the molecule is N#CC1CNCCN1CC(=O)Nc1ccc(Br)cn1. The average Bonchev–Trinajstić information content (AvgIpc) is 2.42. The zero-order chi connectivity index (χ0) is 13.7. The van der Waals surface area contributed by atoms with Gasteiger partial charge in [-0.3, -0.25) is 9.69 Å². The van der Waals surface area contributed by atoms with Gasteiger partial charge in [-0.1, -0.05) is 0 Å². The first-order chi connectivity index (χ1) is 9.19. The highest BCUT2D eigenvalue weighted by molar-refractivity contribution is 9.10.